The molecule has 0 unspecified atom stereocenters. The molecule has 1 fully saturated rings. The number of anilines is 1. The number of ether oxygens (including phenoxy) is 1. The van der Waals surface area contributed by atoms with E-state index in [4.69, 9.17) is 4.74 Å². The Hall–Kier alpha value is -1.53. The summed E-state index contributed by atoms with van der Waals surface area (Å²) in [6.45, 7) is 2.63. The minimum Gasteiger partial charge on any atom is -0.494 e. The highest BCUT2D eigenvalue weighted by atomic mass is 32.2. The summed E-state index contributed by atoms with van der Waals surface area (Å²) in [5.74, 6) is 1.81. The molecule has 1 heterocycles. The molecule has 26 heavy (non-hydrogen) atoms. The van der Waals surface area contributed by atoms with E-state index in [2.05, 4.69) is 10.3 Å². The smallest absolute Gasteiger partial charge is 0.226 e. The van der Waals surface area contributed by atoms with Gasteiger partial charge < -0.3 is 10.1 Å². The third-order valence-corrected chi connectivity index (χ3v) is 6.59. The van der Waals surface area contributed by atoms with E-state index in [1.165, 1.54) is 43.4 Å². The van der Waals surface area contributed by atoms with Crippen LogP contribution in [0.15, 0.2) is 29.6 Å². The van der Waals surface area contributed by atoms with Crippen LogP contribution in [0.5, 0.6) is 5.75 Å². The van der Waals surface area contributed by atoms with Crippen LogP contribution in [0.3, 0.4) is 0 Å². The van der Waals surface area contributed by atoms with Crippen LogP contribution in [0.4, 0.5) is 5.13 Å². The van der Waals surface area contributed by atoms with Crippen molar-refractivity contribution in [3.63, 3.8) is 0 Å². The second kappa shape index (κ2) is 9.97. The number of nitrogens with one attached hydrogen (secondary N) is 1. The van der Waals surface area contributed by atoms with Crippen molar-refractivity contribution >= 4 is 34.1 Å². The molecule has 1 aliphatic rings. The van der Waals surface area contributed by atoms with Crippen molar-refractivity contribution in [1.82, 2.24) is 4.98 Å². The van der Waals surface area contributed by atoms with E-state index in [1.54, 1.807) is 0 Å². The second-order valence-corrected chi connectivity index (χ2v) is 8.69. The van der Waals surface area contributed by atoms with Crippen molar-refractivity contribution in [2.45, 2.75) is 50.7 Å². The van der Waals surface area contributed by atoms with E-state index < -0.39 is 0 Å². The number of rotatable bonds is 8. The maximum absolute atomic E-state index is 12.1. The number of carbonyl (C=O) groups is 1. The van der Waals surface area contributed by atoms with Gasteiger partial charge in [0.25, 0.3) is 0 Å². The highest BCUT2D eigenvalue weighted by molar-refractivity contribution is 7.99. The molecule has 1 saturated carbocycles. The summed E-state index contributed by atoms with van der Waals surface area (Å²) in [6.07, 6.45) is 7.24. The number of amides is 1. The average molecular weight is 391 g/mol. The summed E-state index contributed by atoms with van der Waals surface area (Å²) in [5.41, 5.74) is 1.91. The van der Waals surface area contributed by atoms with Gasteiger partial charge in [0.05, 0.1) is 12.3 Å². The van der Waals surface area contributed by atoms with Crippen LogP contribution in [0.2, 0.25) is 0 Å². The molecule has 0 saturated heterocycles. The van der Waals surface area contributed by atoms with Gasteiger partial charge in [0.2, 0.25) is 5.91 Å². The van der Waals surface area contributed by atoms with Crippen molar-refractivity contribution in [2.75, 3.05) is 17.7 Å². The zero-order valence-electron chi connectivity index (χ0n) is 15.2. The molecular weight excluding hydrogens is 364 g/mol. The Morgan fingerprint density at radius 3 is 2.77 bits per heavy atom. The Kier molecular flexibility index (Phi) is 7.38. The minimum atomic E-state index is 0.0564. The van der Waals surface area contributed by atoms with Gasteiger partial charge in [0, 0.05) is 28.4 Å². The minimum absolute atomic E-state index is 0.0564. The largest absolute Gasteiger partial charge is 0.494 e. The summed E-state index contributed by atoms with van der Waals surface area (Å²) in [6, 6.07) is 7.87. The van der Waals surface area contributed by atoms with E-state index in [0.717, 1.165) is 28.0 Å². The highest BCUT2D eigenvalue weighted by Gasteiger charge is 2.14. The van der Waals surface area contributed by atoms with Gasteiger partial charge in [-0.1, -0.05) is 19.3 Å². The maximum Gasteiger partial charge on any atom is 0.226 e. The molecule has 1 N–H and O–H groups in total. The fourth-order valence-corrected chi connectivity index (χ4v) is 5.12. The number of hydrogen-bond acceptors (Lipinski definition) is 5. The Bertz CT molecular complexity index is 694. The molecule has 0 bridgehead atoms. The van der Waals surface area contributed by atoms with Gasteiger partial charge in [0.1, 0.15) is 5.75 Å². The van der Waals surface area contributed by atoms with Crippen LogP contribution >= 0.6 is 23.1 Å². The van der Waals surface area contributed by atoms with Gasteiger partial charge in [0.15, 0.2) is 5.13 Å². The number of hydrogen-bond donors (Lipinski definition) is 1. The lowest BCUT2D eigenvalue weighted by Gasteiger charge is -2.20. The topological polar surface area (TPSA) is 51.2 Å². The van der Waals surface area contributed by atoms with Crippen molar-refractivity contribution in [3.05, 3.63) is 29.6 Å². The second-order valence-electron chi connectivity index (χ2n) is 6.42. The molecule has 1 aromatic heterocycles. The predicted molar refractivity (Wildman–Crippen MR) is 111 cm³/mol. The Balaban J connectivity index is 1.45. The van der Waals surface area contributed by atoms with Crippen molar-refractivity contribution in [3.8, 4) is 17.0 Å². The lowest BCUT2D eigenvalue weighted by molar-refractivity contribution is -0.115. The molecule has 3 rings (SSSR count). The molecule has 6 heteroatoms. The fraction of sp³-hybridized carbons (Fsp3) is 0.500. The highest BCUT2D eigenvalue weighted by Crippen LogP contribution is 2.29. The predicted octanol–water partition coefficient (Wildman–Crippen LogP) is 5.60. The molecule has 0 radical (unpaired) electrons. The van der Waals surface area contributed by atoms with E-state index in [0.29, 0.717) is 18.2 Å². The van der Waals surface area contributed by atoms with Crippen LogP contribution in [-0.2, 0) is 4.79 Å². The van der Waals surface area contributed by atoms with Crippen LogP contribution in [-0.4, -0.2) is 28.5 Å². The average Bonchev–Trinajstić information content (AvgIpc) is 3.12. The molecule has 1 aromatic carbocycles. The molecule has 140 valence electrons. The van der Waals surface area contributed by atoms with Crippen molar-refractivity contribution in [2.24, 2.45) is 0 Å². The van der Waals surface area contributed by atoms with Crippen LogP contribution < -0.4 is 10.1 Å². The molecule has 1 amide bonds. The van der Waals surface area contributed by atoms with E-state index in [-0.39, 0.29) is 5.91 Å². The lowest BCUT2D eigenvalue weighted by atomic mass is 10.0. The number of thioether (sulfide) groups is 1. The zero-order valence-corrected chi connectivity index (χ0v) is 16.8. The van der Waals surface area contributed by atoms with Crippen LogP contribution in [0.1, 0.15) is 45.4 Å². The first-order valence-corrected chi connectivity index (χ1v) is 11.3. The summed E-state index contributed by atoms with van der Waals surface area (Å²) in [4.78, 5) is 16.7. The van der Waals surface area contributed by atoms with Gasteiger partial charge in [-0.05, 0) is 44.0 Å². The standard InChI is InChI=1S/C20H26N2O2S2/c1-2-24-16-10-8-15(9-11-16)18-14-26-20(21-18)22-19(23)12-13-25-17-6-4-3-5-7-17/h8-11,14,17H,2-7,12-13H2,1H3,(H,21,22,23). The van der Waals surface area contributed by atoms with E-state index in [1.807, 2.05) is 48.3 Å². The molecule has 0 aliphatic heterocycles. The van der Waals surface area contributed by atoms with Gasteiger partial charge in [-0.3, -0.25) is 4.79 Å². The van der Waals surface area contributed by atoms with Gasteiger partial charge in [-0.2, -0.15) is 11.8 Å². The van der Waals surface area contributed by atoms with Crippen molar-refractivity contribution in [1.29, 1.82) is 0 Å². The zero-order chi connectivity index (χ0) is 18.2. The normalized spacial score (nSPS) is 15.0. The first-order chi connectivity index (χ1) is 12.7. The van der Waals surface area contributed by atoms with Crippen LogP contribution in [0, 0.1) is 0 Å². The Morgan fingerprint density at radius 1 is 1.27 bits per heavy atom. The van der Waals surface area contributed by atoms with Gasteiger partial charge in [-0.15, -0.1) is 11.3 Å². The summed E-state index contributed by atoms with van der Waals surface area (Å²) in [7, 11) is 0. The number of aromatic nitrogens is 1. The molecule has 2 aromatic rings. The Labute approximate surface area is 163 Å². The Morgan fingerprint density at radius 2 is 2.04 bits per heavy atom. The maximum atomic E-state index is 12.1. The fourth-order valence-electron chi connectivity index (χ4n) is 3.08. The monoisotopic (exact) mass is 390 g/mol. The third kappa shape index (κ3) is 5.74. The summed E-state index contributed by atoms with van der Waals surface area (Å²) >= 11 is 3.42. The molecule has 0 spiro atoms. The van der Waals surface area contributed by atoms with Gasteiger partial charge in [-0.25, -0.2) is 4.98 Å². The first kappa shape index (κ1) is 19.2. The first-order valence-electron chi connectivity index (χ1n) is 9.35. The van der Waals surface area contributed by atoms with E-state index in [9.17, 15) is 4.79 Å². The number of benzene rings is 1. The summed E-state index contributed by atoms with van der Waals surface area (Å²) in [5, 5.41) is 6.33. The number of thiazole rings is 1. The van der Waals surface area contributed by atoms with E-state index >= 15 is 0 Å². The quantitative estimate of drug-likeness (QED) is 0.637. The molecule has 1 aliphatic carbocycles. The van der Waals surface area contributed by atoms with Gasteiger partial charge >= 0.3 is 0 Å². The van der Waals surface area contributed by atoms with Crippen molar-refractivity contribution < 1.29 is 9.53 Å². The SMILES string of the molecule is CCOc1ccc(-c2csc(NC(=O)CCSC3CCCCC3)n2)cc1. The third-order valence-electron chi connectivity index (χ3n) is 4.45. The molecular formula is C20H26N2O2S2. The number of carbonyl (C=O) groups excluding carboxylic acids is 1. The molecule has 4 nitrogen and oxygen atoms in total. The summed E-state index contributed by atoms with van der Waals surface area (Å²) < 4.78 is 5.46. The van der Waals surface area contributed by atoms with Crippen LogP contribution in [0.25, 0.3) is 11.3 Å². The number of nitrogens with zero attached hydrogens (tertiary/aromatic N) is 1. The molecule has 0 atom stereocenters. The lowest BCUT2D eigenvalue weighted by Crippen LogP contribution is -2.14.